The molecule has 3 rings (SSSR count). The Hall–Kier alpha value is -2.42. The number of nitrogens with zero attached hydrogens (tertiary/aromatic N) is 3. The molecule has 2 aromatic carbocycles. The van der Waals surface area contributed by atoms with Crippen LogP contribution in [0.25, 0.3) is 17.1 Å². The van der Waals surface area contributed by atoms with Crippen molar-refractivity contribution < 1.29 is 0 Å². The summed E-state index contributed by atoms with van der Waals surface area (Å²) < 4.78 is 1.78. The monoisotopic (exact) mass is 221 g/mol. The van der Waals surface area contributed by atoms with E-state index in [1.807, 2.05) is 60.7 Å². The molecule has 82 valence electrons. The molecule has 0 atom stereocenters. The molecule has 1 aromatic heterocycles. The van der Waals surface area contributed by atoms with Gasteiger partial charge in [0.1, 0.15) is 6.33 Å². The third kappa shape index (κ3) is 1.95. The van der Waals surface area contributed by atoms with Gasteiger partial charge in [-0.25, -0.2) is 9.67 Å². The van der Waals surface area contributed by atoms with Crippen molar-refractivity contribution in [3.63, 3.8) is 0 Å². The molecule has 3 aromatic rings. The van der Waals surface area contributed by atoms with Crippen molar-refractivity contribution in [3.8, 4) is 17.1 Å². The molecule has 0 saturated heterocycles. The summed E-state index contributed by atoms with van der Waals surface area (Å²) in [5.41, 5.74) is 2.05. The molecule has 3 nitrogen and oxygen atoms in total. The normalized spacial score (nSPS) is 10.4. The molecule has 0 saturated carbocycles. The van der Waals surface area contributed by atoms with E-state index in [1.165, 1.54) is 0 Å². The summed E-state index contributed by atoms with van der Waals surface area (Å²) in [6, 6.07) is 19.9. The lowest BCUT2D eigenvalue weighted by molar-refractivity contribution is 0.882. The molecule has 0 aliphatic heterocycles. The van der Waals surface area contributed by atoms with Gasteiger partial charge < -0.3 is 0 Å². The molecule has 0 fully saturated rings. The van der Waals surface area contributed by atoms with E-state index in [1.54, 1.807) is 11.0 Å². The lowest BCUT2D eigenvalue weighted by atomic mass is 10.2. The fraction of sp³-hybridized carbons (Fsp3) is 0. The number of aromatic nitrogens is 3. The molecule has 0 N–H and O–H groups in total. The van der Waals surface area contributed by atoms with Crippen LogP contribution < -0.4 is 0 Å². The molecule has 17 heavy (non-hydrogen) atoms. The van der Waals surface area contributed by atoms with E-state index < -0.39 is 0 Å². The van der Waals surface area contributed by atoms with Gasteiger partial charge in [-0.15, -0.1) is 5.10 Å². The van der Waals surface area contributed by atoms with Crippen LogP contribution in [0.15, 0.2) is 67.0 Å². The third-order valence-corrected chi connectivity index (χ3v) is 2.54. The number of para-hydroxylation sites is 1. The topological polar surface area (TPSA) is 30.7 Å². The molecular formula is C14H11N3. The molecule has 3 heteroatoms. The van der Waals surface area contributed by atoms with E-state index in [9.17, 15) is 0 Å². The Kier molecular flexibility index (Phi) is 2.43. The van der Waals surface area contributed by atoms with Crippen molar-refractivity contribution in [2.24, 2.45) is 0 Å². The molecular weight excluding hydrogens is 210 g/mol. The summed E-state index contributed by atoms with van der Waals surface area (Å²) in [5, 5.41) is 4.46. The SMILES string of the molecule is c1ccc(-c2ncn(-c3ccccc3)n2)cc1. The Bertz CT molecular complexity index is 546. The Morgan fingerprint density at radius 3 is 2.12 bits per heavy atom. The minimum atomic E-state index is 0.745. The first-order valence-electron chi connectivity index (χ1n) is 5.46. The zero-order valence-electron chi connectivity index (χ0n) is 9.19. The van der Waals surface area contributed by atoms with Crippen molar-refractivity contribution in [2.75, 3.05) is 0 Å². The second-order valence-corrected chi connectivity index (χ2v) is 3.71. The predicted molar refractivity (Wildman–Crippen MR) is 66.8 cm³/mol. The largest absolute Gasteiger partial charge is 0.220 e. The van der Waals surface area contributed by atoms with Gasteiger partial charge in [-0.05, 0) is 12.1 Å². The molecule has 0 radical (unpaired) electrons. The maximum absolute atomic E-state index is 4.46. The smallest absolute Gasteiger partial charge is 0.181 e. The maximum Gasteiger partial charge on any atom is 0.181 e. The van der Waals surface area contributed by atoms with Crippen LogP contribution in [-0.4, -0.2) is 14.8 Å². The summed E-state index contributed by atoms with van der Waals surface area (Å²) in [6.07, 6.45) is 1.73. The zero-order valence-corrected chi connectivity index (χ0v) is 9.19. The number of hydrogen-bond acceptors (Lipinski definition) is 2. The van der Waals surface area contributed by atoms with Gasteiger partial charge in [0.05, 0.1) is 5.69 Å². The average Bonchev–Trinajstić information content (AvgIpc) is 2.90. The number of hydrogen-bond donors (Lipinski definition) is 0. The molecule has 1 heterocycles. The third-order valence-electron chi connectivity index (χ3n) is 2.54. The lowest BCUT2D eigenvalue weighted by Gasteiger charge is -1.98. The second kappa shape index (κ2) is 4.22. The van der Waals surface area contributed by atoms with E-state index in [4.69, 9.17) is 0 Å². The van der Waals surface area contributed by atoms with E-state index in [0.717, 1.165) is 17.1 Å². The van der Waals surface area contributed by atoms with Crippen LogP contribution in [0.4, 0.5) is 0 Å². The quantitative estimate of drug-likeness (QED) is 0.666. The fourth-order valence-electron chi connectivity index (χ4n) is 1.69. The molecule has 0 aliphatic carbocycles. The summed E-state index contributed by atoms with van der Waals surface area (Å²) in [6.45, 7) is 0. The van der Waals surface area contributed by atoms with E-state index in [2.05, 4.69) is 10.1 Å². The zero-order chi connectivity index (χ0) is 11.5. The van der Waals surface area contributed by atoms with Crippen molar-refractivity contribution in [1.29, 1.82) is 0 Å². The second-order valence-electron chi connectivity index (χ2n) is 3.71. The first-order chi connectivity index (χ1) is 8.43. The Balaban J connectivity index is 1.99. The number of benzene rings is 2. The van der Waals surface area contributed by atoms with Crippen LogP contribution >= 0.6 is 0 Å². The van der Waals surface area contributed by atoms with Gasteiger partial charge in [-0.3, -0.25) is 0 Å². The number of rotatable bonds is 2. The Labute approximate surface area is 99.4 Å². The van der Waals surface area contributed by atoms with Crippen LogP contribution in [0, 0.1) is 0 Å². The standard InChI is InChI=1S/C14H11N3/c1-3-7-12(8-4-1)14-15-11-17(16-14)13-9-5-2-6-10-13/h1-11H. The van der Waals surface area contributed by atoms with Gasteiger partial charge in [0, 0.05) is 5.56 Å². The average molecular weight is 221 g/mol. The first-order valence-corrected chi connectivity index (χ1v) is 5.46. The molecule has 0 aliphatic rings. The molecule has 0 unspecified atom stereocenters. The van der Waals surface area contributed by atoms with Crippen molar-refractivity contribution in [2.45, 2.75) is 0 Å². The summed E-state index contributed by atoms with van der Waals surface area (Å²) in [5.74, 6) is 0.745. The van der Waals surface area contributed by atoms with Gasteiger partial charge in [0.25, 0.3) is 0 Å². The molecule has 0 bridgehead atoms. The van der Waals surface area contributed by atoms with Gasteiger partial charge in [-0.2, -0.15) is 0 Å². The summed E-state index contributed by atoms with van der Waals surface area (Å²) in [7, 11) is 0. The highest BCUT2D eigenvalue weighted by Crippen LogP contribution is 2.14. The minimum absolute atomic E-state index is 0.745. The van der Waals surface area contributed by atoms with Crippen molar-refractivity contribution >= 4 is 0 Å². The van der Waals surface area contributed by atoms with Gasteiger partial charge in [0.15, 0.2) is 5.82 Å². The Morgan fingerprint density at radius 1 is 0.765 bits per heavy atom. The Morgan fingerprint density at radius 2 is 1.41 bits per heavy atom. The summed E-state index contributed by atoms with van der Waals surface area (Å²) in [4.78, 5) is 4.31. The van der Waals surface area contributed by atoms with Gasteiger partial charge in [0.2, 0.25) is 0 Å². The van der Waals surface area contributed by atoms with E-state index >= 15 is 0 Å². The van der Waals surface area contributed by atoms with Crippen molar-refractivity contribution in [3.05, 3.63) is 67.0 Å². The van der Waals surface area contributed by atoms with E-state index in [-0.39, 0.29) is 0 Å². The molecule has 0 spiro atoms. The van der Waals surface area contributed by atoms with Crippen LogP contribution in [0.2, 0.25) is 0 Å². The first kappa shape index (κ1) is 9.78. The fourth-order valence-corrected chi connectivity index (χ4v) is 1.69. The van der Waals surface area contributed by atoms with Gasteiger partial charge in [-0.1, -0.05) is 48.5 Å². The molecule has 0 amide bonds. The van der Waals surface area contributed by atoms with Crippen LogP contribution in [0.5, 0.6) is 0 Å². The summed E-state index contributed by atoms with van der Waals surface area (Å²) >= 11 is 0. The highest BCUT2D eigenvalue weighted by Gasteiger charge is 2.03. The van der Waals surface area contributed by atoms with Crippen LogP contribution in [0.1, 0.15) is 0 Å². The van der Waals surface area contributed by atoms with Gasteiger partial charge >= 0.3 is 0 Å². The lowest BCUT2D eigenvalue weighted by Crippen LogP contribution is -1.93. The van der Waals surface area contributed by atoms with Crippen LogP contribution in [0.3, 0.4) is 0 Å². The van der Waals surface area contributed by atoms with Crippen molar-refractivity contribution in [1.82, 2.24) is 14.8 Å². The highest BCUT2D eigenvalue weighted by atomic mass is 15.3. The minimum Gasteiger partial charge on any atom is -0.220 e. The predicted octanol–water partition coefficient (Wildman–Crippen LogP) is 2.93. The highest BCUT2D eigenvalue weighted by molar-refractivity contribution is 5.54. The maximum atomic E-state index is 4.46. The van der Waals surface area contributed by atoms with Crippen LogP contribution in [-0.2, 0) is 0 Å². The van der Waals surface area contributed by atoms with E-state index in [0.29, 0.717) is 0 Å².